The predicted octanol–water partition coefficient (Wildman–Crippen LogP) is 3.14. The van der Waals surface area contributed by atoms with Gasteiger partial charge in [-0.15, -0.1) is 0 Å². The van der Waals surface area contributed by atoms with Gasteiger partial charge < -0.3 is 25.0 Å². The van der Waals surface area contributed by atoms with Gasteiger partial charge in [0.25, 0.3) is 5.56 Å². The number of nitrogens with one attached hydrogen (secondary N) is 2. The second-order valence-corrected chi connectivity index (χ2v) is 9.42. The van der Waals surface area contributed by atoms with E-state index in [1.54, 1.807) is 13.1 Å². The van der Waals surface area contributed by atoms with Crippen molar-refractivity contribution in [3.05, 3.63) is 58.5 Å². The van der Waals surface area contributed by atoms with Crippen LogP contribution in [0.4, 0.5) is 17.3 Å². The number of amides is 1. The number of carbonyl (C=O) groups is 1. The minimum absolute atomic E-state index is 0.101. The van der Waals surface area contributed by atoms with E-state index in [0.717, 1.165) is 30.0 Å². The molecule has 34 heavy (non-hydrogen) atoms. The van der Waals surface area contributed by atoms with Crippen LogP contribution in [0.2, 0.25) is 0 Å². The number of anilines is 3. The Bertz CT molecular complexity index is 1220. The van der Waals surface area contributed by atoms with Crippen molar-refractivity contribution in [3.63, 3.8) is 0 Å². The summed E-state index contributed by atoms with van der Waals surface area (Å²) in [6, 6.07) is 12.4. The van der Waals surface area contributed by atoms with Crippen LogP contribution in [-0.4, -0.2) is 72.0 Å². The topological polar surface area (TPSA) is 84.6 Å². The van der Waals surface area contributed by atoms with Crippen LogP contribution >= 0.6 is 0 Å². The summed E-state index contributed by atoms with van der Waals surface area (Å²) in [7, 11) is 2.18. The first kappa shape index (κ1) is 22.4. The van der Waals surface area contributed by atoms with Gasteiger partial charge >= 0.3 is 0 Å². The van der Waals surface area contributed by atoms with Gasteiger partial charge in [0.15, 0.2) is 0 Å². The van der Waals surface area contributed by atoms with Gasteiger partial charge in [-0.05, 0) is 74.1 Å². The first-order chi connectivity index (χ1) is 16.5. The summed E-state index contributed by atoms with van der Waals surface area (Å²) < 4.78 is 0. The van der Waals surface area contributed by atoms with Crippen LogP contribution in [0.25, 0.3) is 10.8 Å². The number of carbonyl (C=O) groups excluding carboxylic acids is 1. The second-order valence-electron chi connectivity index (χ2n) is 9.42. The summed E-state index contributed by atoms with van der Waals surface area (Å²) in [5.74, 6) is 2.06. The van der Waals surface area contributed by atoms with E-state index in [9.17, 15) is 9.59 Å². The zero-order valence-electron chi connectivity index (χ0n) is 19.9. The fourth-order valence-corrected chi connectivity index (χ4v) is 5.02. The summed E-state index contributed by atoms with van der Waals surface area (Å²) in [6.45, 7) is 6.65. The average molecular weight is 461 g/mol. The van der Waals surface area contributed by atoms with Crippen molar-refractivity contribution in [2.24, 2.45) is 0 Å². The molecule has 1 aromatic carbocycles. The van der Waals surface area contributed by atoms with Crippen LogP contribution in [0.3, 0.4) is 0 Å². The number of fused-ring (bicyclic) bond motifs is 1. The Balaban J connectivity index is 1.41. The highest BCUT2D eigenvalue weighted by molar-refractivity contribution is 5.94. The quantitative estimate of drug-likeness (QED) is 0.622. The molecule has 0 spiro atoms. The molecule has 2 aliphatic rings. The number of likely N-dealkylation sites (tertiary alicyclic amines) is 1. The number of aromatic amines is 1. The monoisotopic (exact) mass is 460 g/mol. The minimum atomic E-state index is -0.164. The lowest BCUT2D eigenvalue weighted by Crippen LogP contribution is -2.48. The lowest BCUT2D eigenvalue weighted by atomic mass is 9.89. The molecule has 8 heteroatoms. The number of pyridine rings is 2. The highest BCUT2D eigenvalue weighted by Crippen LogP contribution is 2.30. The highest BCUT2D eigenvalue weighted by Gasteiger charge is 2.22. The molecule has 178 valence electrons. The Labute approximate surface area is 199 Å². The largest absolute Gasteiger partial charge is 0.353 e. The summed E-state index contributed by atoms with van der Waals surface area (Å²) in [6.07, 6.45) is 4.04. The van der Waals surface area contributed by atoms with Crippen molar-refractivity contribution in [3.8, 4) is 0 Å². The minimum Gasteiger partial charge on any atom is -0.353 e. The van der Waals surface area contributed by atoms with Crippen LogP contribution in [0.15, 0.2) is 47.4 Å². The van der Waals surface area contributed by atoms with E-state index in [4.69, 9.17) is 4.98 Å². The highest BCUT2D eigenvalue weighted by atomic mass is 16.2. The standard InChI is InChI=1S/C26H32N6O2/c1-18(33)31-13-15-32(16-14-31)23-17-21-7-10-27-26(34)24(21)25(29-23)28-22-5-3-19(4-6-22)20-8-11-30(2)12-9-20/h3-7,10,17,20H,8-9,11-16H2,1-2H3,(H,27,34)(H,28,29). The van der Waals surface area contributed by atoms with Crippen molar-refractivity contribution >= 4 is 34.0 Å². The fourth-order valence-electron chi connectivity index (χ4n) is 5.02. The zero-order chi connectivity index (χ0) is 23.7. The zero-order valence-corrected chi connectivity index (χ0v) is 19.9. The molecule has 0 aliphatic carbocycles. The molecule has 2 saturated heterocycles. The van der Waals surface area contributed by atoms with Crippen LogP contribution in [0.5, 0.6) is 0 Å². The molecule has 8 nitrogen and oxygen atoms in total. The SMILES string of the molecule is CC(=O)N1CCN(c2cc3cc[nH]c(=O)c3c(Nc3ccc(C4CCN(C)CC4)cc3)n2)CC1. The molecule has 2 N–H and O–H groups in total. The van der Waals surface area contributed by atoms with Crippen LogP contribution in [-0.2, 0) is 4.79 Å². The van der Waals surface area contributed by atoms with Gasteiger partial charge in [-0.2, -0.15) is 0 Å². The lowest BCUT2D eigenvalue weighted by Gasteiger charge is -2.35. The van der Waals surface area contributed by atoms with Crippen molar-refractivity contribution in [1.29, 1.82) is 0 Å². The molecule has 0 saturated carbocycles. The number of hydrogen-bond donors (Lipinski definition) is 2. The summed E-state index contributed by atoms with van der Waals surface area (Å²) in [4.78, 5) is 38.4. The van der Waals surface area contributed by atoms with Crippen molar-refractivity contribution in [1.82, 2.24) is 19.8 Å². The third-order valence-corrected chi connectivity index (χ3v) is 7.15. The third kappa shape index (κ3) is 4.63. The molecule has 2 aromatic heterocycles. The smallest absolute Gasteiger partial charge is 0.259 e. The second kappa shape index (κ2) is 9.46. The van der Waals surface area contributed by atoms with Crippen LogP contribution in [0, 0.1) is 0 Å². The number of benzene rings is 1. The maximum Gasteiger partial charge on any atom is 0.259 e. The van der Waals surface area contributed by atoms with E-state index in [1.807, 2.05) is 17.0 Å². The molecule has 0 atom stereocenters. The maximum absolute atomic E-state index is 12.7. The van der Waals surface area contributed by atoms with Crippen molar-refractivity contribution in [2.75, 3.05) is 56.5 Å². The predicted molar refractivity (Wildman–Crippen MR) is 136 cm³/mol. The molecule has 5 rings (SSSR count). The first-order valence-electron chi connectivity index (χ1n) is 12.1. The van der Waals surface area contributed by atoms with Crippen molar-refractivity contribution in [2.45, 2.75) is 25.7 Å². The fraction of sp³-hybridized carbons (Fsp3) is 0.423. The molecule has 2 aliphatic heterocycles. The van der Waals surface area contributed by atoms with Crippen LogP contribution in [0.1, 0.15) is 31.2 Å². The Morgan fingerprint density at radius 1 is 1.03 bits per heavy atom. The van der Waals surface area contributed by atoms with Gasteiger partial charge in [-0.25, -0.2) is 4.98 Å². The number of nitrogens with zero attached hydrogens (tertiary/aromatic N) is 4. The molecular formula is C26H32N6O2. The first-order valence-corrected chi connectivity index (χ1v) is 12.1. The Morgan fingerprint density at radius 2 is 1.74 bits per heavy atom. The van der Waals surface area contributed by atoms with Gasteiger partial charge in [0.1, 0.15) is 11.6 Å². The molecule has 0 radical (unpaired) electrons. The number of hydrogen-bond acceptors (Lipinski definition) is 6. The number of piperidine rings is 1. The molecule has 4 heterocycles. The van der Waals surface area contributed by atoms with E-state index in [-0.39, 0.29) is 11.5 Å². The Hall–Kier alpha value is -3.39. The molecular weight excluding hydrogens is 428 g/mol. The number of aromatic nitrogens is 2. The third-order valence-electron chi connectivity index (χ3n) is 7.15. The number of H-pyrrole nitrogens is 1. The summed E-state index contributed by atoms with van der Waals surface area (Å²) in [5, 5.41) is 4.79. The molecule has 2 fully saturated rings. The number of rotatable bonds is 4. The van der Waals surface area contributed by atoms with Gasteiger partial charge in [-0.3, -0.25) is 9.59 Å². The van der Waals surface area contributed by atoms with Crippen LogP contribution < -0.4 is 15.8 Å². The normalized spacial score (nSPS) is 17.8. The number of piperazine rings is 1. The molecule has 0 bridgehead atoms. The van der Waals surface area contributed by atoms with Gasteiger partial charge in [0.05, 0.1) is 5.39 Å². The van der Waals surface area contributed by atoms with Gasteiger partial charge in [0, 0.05) is 45.0 Å². The van der Waals surface area contributed by atoms with E-state index in [2.05, 4.69) is 51.4 Å². The Morgan fingerprint density at radius 3 is 2.41 bits per heavy atom. The van der Waals surface area contributed by atoms with Gasteiger partial charge in [-0.1, -0.05) is 12.1 Å². The van der Waals surface area contributed by atoms with E-state index < -0.39 is 0 Å². The average Bonchev–Trinajstić information content (AvgIpc) is 2.85. The van der Waals surface area contributed by atoms with E-state index in [0.29, 0.717) is 43.3 Å². The molecule has 3 aromatic rings. The Kier molecular flexibility index (Phi) is 6.24. The van der Waals surface area contributed by atoms with Gasteiger partial charge in [0.2, 0.25) is 5.91 Å². The molecule has 0 unspecified atom stereocenters. The summed E-state index contributed by atoms with van der Waals surface area (Å²) in [5.41, 5.74) is 2.11. The van der Waals surface area contributed by atoms with E-state index >= 15 is 0 Å². The summed E-state index contributed by atoms with van der Waals surface area (Å²) >= 11 is 0. The van der Waals surface area contributed by atoms with E-state index in [1.165, 1.54) is 18.4 Å². The maximum atomic E-state index is 12.7. The lowest BCUT2D eigenvalue weighted by molar-refractivity contribution is -0.129. The van der Waals surface area contributed by atoms with Crippen molar-refractivity contribution < 1.29 is 4.79 Å². The molecule has 1 amide bonds.